The maximum absolute atomic E-state index is 13.4. The van der Waals surface area contributed by atoms with Crippen molar-refractivity contribution in [1.29, 1.82) is 0 Å². The highest BCUT2D eigenvalue weighted by Gasteiger charge is 2.09. The van der Waals surface area contributed by atoms with E-state index >= 15 is 0 Å². The van der Waals surface area contributed by atoms with Crippen molar-refractivity contribution < 1.29 is 13.5 Å². The van der Waals surface area contributed by atoms with Gasteiger partial charge in [0.25, 0.3) is 0 Å². The minimum absolute atomic E-state index is 0.102. The van der Waals surface area contributed by atoms with Gasteiger partial charge in [0.15, 0.2) is 23.3 Å². The predicted molar refractivity (Wildman–Crippen MR) is 66.7 cm³/mol. The molecule has 3 N–H and O–H groups in total. The van der Waals surface area contributed by atoms with Crippen LogP contribution in [0, 0.1) is 11.6 Å². The van der Waals surface area contributed by atoms with Crippen molar-refractivity contribution in [2.45, 2.75) is 6.54 Å². The third-order valence-electron chi connectivity index (χ3n) is 2.42. The van der Waals surface area contributed by atoms with Crippen molar-refractivity contribution in [2.75, 3.05) is 18.2 Å². The van der Waals surface area contributed by atoms with Gasteiger partial charge in [0.2, 0.25) is 5.88 Å². The van der Waals surface area contributed by atoms with Crippen LogP contribution in [0.15, 0.2) is 24.4 Å². The lowest BCUT2D eigenvalue weighted by molar-refractivity contribution is 0.397. The molecule has 5 nitrogen and oxygen atoms in total. The van der Waals surface area contributed by atoms with Crippen LogP contribution < -0.4 is 15.8 Å². The number of halogens is 2. The largest absolute Gasteiger partial charge is 0.481 e. The van der Waals surface area contributed by atoms with Gasteiger partial charge in [-0.2, -0.15) is 0 Å². The highest BCUT2D eigenvalue weighted by Crippen LogP contribution is 2.17. The molecule has 2 aromatic heterocycles. The second-order valence-corrected chi connectivity index (χ2v) is 3.75. The molecule has 0 saturated heterocycles. The zero-order valence-electron chi connectivity index (χ0n) is 10.2. The number of methoxy groups -OCH3 is 1. The fourth-order valence-corrected chi connectivity index (χ4v) is 1.43. The van der Waals surface area contributed by atoms with Gasteiger partial charge in [-0.3, -0.25) is 0 Å². The van der Waals surface area contributed by atoms with Crippen LogP contribution in [0.25, 0.3) is 0 Å². The summed E-state index contributed by atoms with van der Waals surface area (Å²) < 4.78 is 31.2. The summed E-state index contributed by atoms with van der Waals surface area (Å²) in [4.78, 5) is 7.60. The summed E-state index contributed by atoms with van der Waals surface area (Å²) in [6.07, 6.45) is 1.58. The van der Waals surface area contributed by atoms with E-state index in [1.54, 1.807) is 18.3 Å². The number of hydrogen-bond acceptors (Lipinski definition) is 5. The maximum atomic E-state index is 13.4. The van der Waals surface area contributed by atoms with E-state index in [0.29, 0.717) is 11.9 Å². The van der Waals surface area contributed by atoms with E-state index in [4.69, 9.17) is 10.5 Å². The smallest absolute Gasteiger partial charge is 0.212 e. The fraction of sp³-hybridized carbons (Fsp3) is 0.167. The molecule has 2 heterocycles. The van der Waals surface area contributed by atoms with Crippen molar-refractivity contribution in [2.24, 2.45) is 0 Å². The molecule has 2 aromatic rings. The van der Waals surface area contributed by atoms with E-state index < -0.39 is 11.6 Å². The average Bonchev–Trinajstić information content (AvgIpc) is 2.42. The predicted octanol–water partition coefficient (Wildman–Crippen LogP) is 1.96. The molecule has 0 radical (unpaired) electrons. The SMILES string of the molecule is COc1ccc(CNc2nc(N)c(F)cc2F)cn1. The van der Waals surface area contributed by atoms with Crippen molar-refractivity contribution >= 4 is 11.6 Å². The lowest BCUT2D eigenvalue weighted by atomic mass is 10.3. The van der Waals surface area contributed by atoms with E-state index in [1.165, 1.54) is 7.11 Å². The fourth-order valence-electron chi connectivity index (χ4n) is 1.43. The van der Waals surface area contributed by atoms with Crippen LogP contribution in [-0.4, -0.2) is 17.1 Å². The first-order valence-corrected chi connectivity index (χ1v) is 5.44. The number of nitrogen functional groups attached to an aromatic ring is 1. The molecule has 0 aliphatic heterocycles. The lowest BCUT2D eigenvalue weighted by Crippen LogP contribution is -2.07. The van der Waals surface area contributed by atoms with Crippen molar-refractivity contribution in [3.05, 3.63) is 41.6 Å². The standard InChI is InChI=1S/C12H12F2N4O/c1-19-10-3-2-7(5-16-10)6-17-12-9(14)4-8(13)11(15)18-12/h2-5H,6H2,1H3,(H3,15,17,18). The van der Waals surface area contributed by atoms with Crippen LogP contribution in [0.1, 0.15) is 5.56 Å². The van der Waals surface area contributed by atoms with Gasteiger partial charge in [-0.15, -0.1) is 0 Å². The van der Waals surface area contributed by atoms with E-state index in [1.807, 2.05) is 0 Å². The van der Waals surface area contributed by atoms with Gasteiger partial charge < -0.3 is 15.8 Å². The Morgan fingerprint density at radius 1 is 1.32 bits per heavy atom. The molecule has 2 rings (SSSR count). The topological polar surface area (TPSA) is 73.1 Å². The Bertz CT molecular complexity index is 575. The molecule has 0 fully saturated rings. The molecule has 7 heteroatoms. The molecule has 0 amide bonds. The molecule has 0 aliphatic rings. The number of nitrogens with two attached hydrogens (primary N) is 1. The number of rotatable bonds is 4. The first-order valence-electron chi connectivity index (χ1n) is 5.44. The van der Waals surface area contributed by atoms with E-state index in [-0.39, 0.29) is 18.2 Å². The van der Waals surface area contributed by atoms with Crippen LogP contribution in [0.4, 0.5) is 20.4 Å². The summed E-state index contributed by atoms with van der Waals surface area (Å²) in [6.45, 7) is 0.284. The minimum atomic E-state index is -0.880. The molecule has 0 aliphatic carbocycles. The van der Waals surface area contributed by atoms with E-state index in [0.717, 1.165) is 5.56 Å². The molecule has 100 valence electrons. The van der Waals surface area contributed by atoms with Gasteiger partial charge >= 0.3 is 0 Å². The van der Waals surface area contributed by atoms with Crippen LogP contribution in [0.3, 0.4) is 0 Å². The molecule has 0 bridgehead atoms. The first-order chi connectivity index (χ1) is 9.10. The van der Waals surface area contributed by atoms with Crippen LogP contribution >= 0.6 is 0 Å². The zero-order chi connectivity index (χ0) is 13.8. The number of hydrogen-bond donors (Lipinski definition) is 2. The Labute approximate surface area is 108 Å². The number of ether oxygens (including phenoxy) is 1. The van der Waals surface area contributed by atoms with Gasteiger partial charge in [-0.05, 0) is 5.56 Å². The van der Waals surface area contributed by atoms with Crippen LogP contribution in [0.2, 0.25) is 0 Å². The summed E-state index contributed by atoms with van der Waals surface area (Å²) in [5.41, 5.74) is 6.07. The van der Waals surface area contributed by atoms with Gasteiger partial charge in [0, 0.05) is 24.9 Å². The van der Waals surface area contributed by atoms with Gasteiger partial charge in [-0.1, -0.05) is 6.07 Å². The monoisotopic (exact) mass is 266 g/mol. The Kier molecular flexibility index (Phi) is 3.74. The second kappa shape index (κ2) is 5.47. The number of nitrogens with one attached hydrogen (secondary N) is 1. The highest BCUT2D eigenvalue weighted by atomic mass is 19.1. The summed E-state index contributed by atoms with van der Waals surface area (Å²) in [6, 6.07) is 4.14. The van der Waals surface area contributed by atoms with Gasteiger partial charge in [0.1, 0.15) is 0 Å². The molecular formula is C12H12F2N4O. The number of anilines is 2. The third kappa shape index (κ3) is 3.06. The molecule has 19 heavy (non-hydrogen) atoms. The molecular weight excluding hydrogens is 254 g/mol. The van der Waals surface area contributed by atoms with Crippen LogP contribution in [0.5, 0.6) is 5.88 Å². The Morgan fingerprint density at radius 3 is 2.74 bits per heavy atom. The molecule has 0 atom stereocenters. The summed E-state index contributed by atoms with van der Waals surface area (Å²) >= 11 is 0. The minimum Gasteiger partial charge on any atom is -0.481 e. The lowest BCUT2D eigenvalue weighted by Gasteiger charge is -2.08. The first kappa shape index (κ1) is 13.0. The maximum Gasteiger partial charge on any atom is 0.212 e. The van der Waals surface area contributed by atoms with Gasteiger partial charge in [0.05, 0.1) is 7.11 Å². The Hall–Kier alpha value is -2.44. The Balaban J connectivity index is 2.07. The molecule has 0 aromatic carbocycles. The van der Waals surface area contributed by atoms with Crippen molar-refractivity contribution in [3.8, 4) is 5.88 Å². The quantitative estimate of drug-likeness (QED) is 0.885. The molecule has 0 spiro atoms. The van der Waals surface area contributed by atoms with Crippen molar-refractivity contribution in [1.82, 2.24) is 9.97 Å². The van der Waals surface area contributed by atoms with Gasteiger partial charge in [-0.25, -0.2) is 18.7 Å². The number of pyridine rings is 2. The van der Waals surface area contributed by atoms with Crippen LogP contribution in [-0.2, 0) is 6.54 Å². The molecule has 0 saturated carbocycles. The van der Waals surface area contributed by atoms with E-state index in [2.05, 4.69) is 15.3 Å². The number of nitrogens with zero attached hydrogens (tertiary/aromatic N) is 2. The van der Waals surface area contributed by atoms with Crippen molar-refractivity contribution in [3.63, 3.8) is 0 Å². The third-order valence-corrected chi connectivity index (χ3v) is 2.42. The normalized spacial score (nSPS) is 10.3. The average molecular weight is 266 g/mol. The highest BCUT2D eigenvalue weighted by molar-refractivity contribution is 5.45. The second-order valence-electron chi connectivity index (χ2n) is 3.75. The molecule has 0 unspecified atom stereocenters. The summed E-state index contributed by atoms with van der Waals surface area (Å²) in [5, 5.41) is 2.72. The Morgan fingerprint density at radius 2 is 2.11 bits per heavy atom. The zero-order valence-corrected chi connectivity index (χ0v) is 10.2. The summed E-state index contributed by atoms with van der Waals surface area (Å²) in [5.74, 6) is -1.65. The summed E-state index contributed by atoms with van der Waals surface area (Å²) in [7, 11) is 1.51. The van der Waals surface area contributed by atoms with E-state index in [9.17, 15) is 8.78 Å². The number of aromatic nitrogens is 2.